The molecule has 1 atom stereocenters. The lowest BCUT2D eigenvalue weighted by molar-refractivity contribution is -0.384. The highest BCUT2D eigenvalue weighted by Crippen LogP contribution is 2.40. The molecule has 1 aliphatic carbocycles. The molecule has 0 spiro atoms. The number of nitro benzene ring substituents is 1. The van der Waals surface area contributed by atoms with Gasteiger partial charge in [-0.3, -0.25) is 10.1 Å². The van der Waals surface area contributed by atoms with Crippen LogP contribution in [0, 0.1) is 28.3 Å². The Hall–Kier alpha value is -1.65. The average Bonchev–Trinajstić information content (AvgIpc) is 2.63. The first kappa shape index (κ1) is 13.8. The van der Waals surface area contributed by atoms with Gasteiger partial charge in [0.05, 0.1) is 11.0 Å². The maximum Gasteiger partial charge on any atom is 0.295 e. The van der Waals surface area contributed by atoms with Crippen LogP contribution in [0.1, 0.15) is 38.7 Å². The third kappa shape index (κ3) is 2.69. The smallest absolute Gasteiger partial charge is 0.295 e. The summed E-state index contributed by atoms with van der Waals surface area (Å²) in [6, 6.07) is 2.72. The molecule has 1 unspecified atom stereocenters. The van der Waals surface area contributed by atoms with Gasteiger partial charge in [0.15, 0.2) is 0 Å². The highest BCUT2D eigenvalue weighted by molar-refractivity contribution is 5.63. The highest BCUT2D eigenvalue weighted by atomic mass is 19.1. The maximum absolute atomic E-state index is 13.5. The largest absolute Gasteiger partial charge is 0.376 e. The molecule has 1 fully saturated rings. The number of halogens is 1. The fraction of sp³-hybridized carbons (Fsp3) is 0.571. The van der Waals surface area contributed by atoms with Crippen LogP contribution in [0.2, 0.25) is 0 Å². The molecule has 5 heteroatoms. The molecule has 104 valence electrons. The van der Waals surface area contributed by atoms with Crippen LogP contribution in [0.15, 0.2) is 12.1 Å². The summed E-state index contributed by atoms with van der Waals surface area (Å²) in [4.78, 5) is 10.5. The van der Waals surface area contributed by atoms with E-state index < -0.39 is 10.7 Å². The topological polar surface area (TPSA) is 55.2 Å². The van der Waals surface area contributed by atoms with Crippen LogP contribution in [0.3, 0.4) is 0 Å². The maximum atomic E-state index is 13.5. The van der Waals surface area contributed by atoms with Crippen LogP contribution in [-0.2, 0) is 0 Å². The summed E-state index contributed by atoms with van der Waals surface area (Å²) in [7, 11) is 0. The van der Waals surface area contributed by atoms with E-state index in [1.54, 1.807) is 6.92 Å². The number of rotatable bonds is 3. The summed E-state index contributed by atoms with van der Waals surface area (Å²) in [6.07, 6.45) is 3.19. The molecule has 1 aliphatic rings. The van der Waals surface area contributed by atoms with Gasteiger partial charge in [0, 0.05) is 6.04 Å². The van der Waals surface area contributed by atoms with Crippen molar-refractivity contribution in [3.63, 3.8) is 0 Å². The normalized spacial score (nSPS) is 21.4. The quantitative estimate of drug-likeness (QED) is 0.663. The minimum Gasteiger partial charge on any atom is -0.376 e. The number of anilines is 1. The van der Waals surface area contributed by atoms with Crippen molar-refractivity contribution in [3.8, 4) is 0 Å². The van der Waals surface area contributed by atoms with E-state index in [1.807, 2.05) is 0 Å². The molecular formula is C14H19FN2O2. The van der Waals surface area contributed by atoms with Crippen LogP contribution in [0.5, 0.6) is 0 Å². The van der Waals surface area contributed by atoms with Crippen molar-refractivity contribution in [2.75, 3.05) is 5.32 Å². The summed E-state index contributed by atoms with van der Waals surface area (Å²) in [6.45, 7) is 5.92. The monoisotopic (exact) mass is 266 g/mol. The molecule has 0 saturated heterocycles. The Balaban J connectivity index is 2.34. The van der Waals surface area contributed by atoms with Crippen molar-refractivity contribution in [1.29, 1.82) is 0 Å². The van der Waals surface area contributed by atoms with Crippen molar-refractivity contribution in [3.05, 3.63) is 33.6 Å². The Kier molecular flexibility index (Phi) is 3.47. The molecule has 0 bridgehead atoms. The summed E-state index contributed by atoms with van der Waals surface area (Å²) in [5.74, 6) is -0.539. The number of benzene rings is 1. The van der Waals surface area contributed by atoms with Crippen LogP contribution < -0.4 is 5.32 Å². The Morgan fingerprint density at radius 1 is 1.47 bits per heavy atom. The molecular weight excluding hydrogens is 247 g/mol. The van der Waals surface area contributed by atoms with E-state index in [-0.39, 0.29) is 17.1 Å². The SMILES string of the molecule is Cc1cc(NC2CCCC2(C)C)c([N+](=O)[O-])cc1F. The lowest BCUT2D eigenvalue weighted by Gasteiger charge is -2.28. The van der Waals surface area contributed by atoms with Crippen molar-refractivity contribution >= 4 is 11.4 Å². The van der Waals surface area contributed by atoms with Gasteiger partial charge in [-0.25, -0.2) is 4.39 Å². The number of aryl methyl sites for hydroxylation is 1. The third-order valence-electron chi connectivity index (χ3n) is 4.06. The molecule has 0 amide bonds. The van der Waals surface area contributed by atoms with E-state index in [0.717, 1.165) is 25.3 Å². The Morgan fingerprint density at radius 2 is 2.16 bits per heavy atom. The van der Waals surface area contributed by atoms with Crippen LogP contribution in [0.4, 0.5) is 15.8 Å². The van der Waals surface area contributed by atoms with Gasteiger partial charge in [-0.2, -0.15) is 0 Å². The second-order valence-corrected chi connectivity index (χ2v) is 5.95. The molecule has 1 N–H and O–H groups in total. The zero-order valence-electron chi connectivity index (χ0n) is 11.5. The van der Waals surface area contributed by atoms with Gasteiger partial charge in [-0.15, -0.1) is 0 Å². The first-order valence-electron chi connectivity index (χ1n) is 6.52. The number of hydrogen-bond donors (Lipinski definition) is 1. The number of hydrogen-bond acceptors (Lipinski definition) is 3. The molecule has 1 aromatic rings. The fourth-order valence-corrected chi connectivity index (χ4v) is 2.72. The summed E-state index contributed by atoms with van der Waals surface area (Å²) in [5.41, 5.74) is 0.759. The molecule has 4 nitrogen and oxygen atoms in total. The standard InChI is InChI=1S/C14H19FN2O2/c1-9-7-11(12(17(18)19)8-10(9)15)16-13-5-4-6-14(13,2)3/h7-8,13,16H,4-6H2,1-3H3. The van der Waals surface area contributed by atoms with E-state index >= 15 is 0 Å². The molecule has 0 aromatic heterocycles. The zero-order chi connectivity index (χ0) is 14.2. The molecule has 2 rings (SSSR count). The van der Waals surface area contributed by atoms with Crippen LogP contribution in [-0.4, -0.2) is 11.0 Å². The lowest BCUT2D eigenvalue weighted by Crippen LogP contribution is -2.31. The zero-order valence-corrected chi connectivity index (χ0v) is 11.5. The van der Waals surface area contributed by atoms with Gasteiger partial charge in [0.2, 0.25) is 0 Å². The molecule has 0 heterocycles. The van der Waals surface area contributed by atoms with Crippen molar-refractivity contribution in [1.82, 2.24) is 0 Å². The van der Waals surface area contributed by atoms with E-state index in [2.05, 4.69) is 19.2 Å². The Morgan fingerprint density at radius 3 is 2.68 bits per heavy atom. The first-order valence-corrected chi connectivity index (χ1v) is 6.52. The molecule has 19 heavy (non-hydrogen) atoms. The Bertz CT molecular complexity index is 514. The van der Waals surface area contributed by atoms with E-state index in [0.29, 0.717) is 11.3 Å². The summed E-state index contributed by atoms with van der Waals surface area (Å²) < 4.78 is 13.5. The van der Waals surface area contributed by atoms with Crippen molar-refractivity contribution in [2.45, 2.75) is 46.1 Å². The van der Waals surface area contributed by atoms with E-state index in [4.69, 9.17) is 0 Å². The molecule has 0 aliphatic heterocycles. The van der Waals surface area contributed by atoms with Crippen molar-refractivity contribution < 1.29 is 9.31 Å². The van der Waals surface area contributed by atoms with Gasteiger partial charge in [-0.05, 0) is 36.8 Å². The van der Waals surface area contributed by atoms with Crippen LogP contribution >= 0.6 is 0 Å². The summed E-state index contributed by atoms with van der Waals surface area (Å²) in [5, 5.41) is 14.3. The van der Waals surface area contributed by atoms with Gasteiger partial charge in [0.1, 0.15) is 11.5 Å². The lowest BCUT2D eigenvalue weighted by atomic mass is 9.87. The minimum absolute atomic E-state index is 0.107. The molecule has 1 saturated carbocycles. The summed E-state index contributed by atoms with van der Waals surface area (Å²) >= 11 is 0. The number of nitrogens with zero attached hydrogens (tertiary/aromatic N) is 1. The molecule has 1 aromatic carbocycles. The number of nitro groups is 1. The first-order chi connectivity index (χ1) is 8.81. The highest BCUT2D eigenvalue weighted by Gasteiger charge is 2.35. The van der Waals surface area contributed by atoms with Crippen LogP contribution in [0.25, 0.3) is 0 Å². The van der Waals surface area contributed by atoms with Gasteiger partial charge in [-0.1, -0.05) is 20.3 Å². The average molecular weight is 266 g/mol. The van der Waals surface area contributed by atoms with Crippen molar-refractivity contribution in [2.24, 2.45) is 5.41 Å². The van der Waals surface area contributed by atoms with Gasteiger partial charge >= 0.3 is 0 Å². The number of nitrogens with one attached hydrogen (secondary N) is 1. The van der Waals surface area contributed by atoms with Gasteiger partial charge in [0.25, 0.3) is 5.69 Å². The second kappa shape index (κ2) is 4.79. The van der Waals surface area contributed by atoms with E-state index in [9.17, 15) is 14.5 Å². The van der Waals surface area contributed by atoms with E-state index in [1.165, 1.54) is 6.07 Å². The fourth-order valence-electron chi connectivity index (χ4n) is 2.72. The second-order valence-electron chi connectivity index (χ2n) is 5.95. The third-order valence-corrected chi connectivity index (χ3v) is 4.06. The minimum atomic E-state index is -0.539. The molecule has 0 radical (unpaired) electrons. The predicted molar refractivity (Wildman–Crippen MR) is 72.8 cm³/mol. The predicted octanol–water partition coefficient (Wildman–Crippen LogP) is 4.03. The Labute approximate surface area is 112 Å². The van der Waals surface area contributed by atoms with Gasteiger partial charge < -0.3 is 5.32 Å².